The number of nitrogens with one attached hydrogen (secondary N) is 1. The second kappa shape index (κ2) is 8.36. The molecule has 0 atom stereocenters. The number of benzene rings is 3. The SMILES string of the molecule is COc1ccc(C)cc1NC(=O)c1ccccc1OCc1ccc(F)cc1. The summed E-state index contributed by atoms with van der Waals surface area (Å²) in [5, 5.41) is 2.87. The van der Waals surface area contributed by atoms with Gasteiger partial charge in [-0.05, 0) is 54.4 Å². The fourth-order valence-corrected chi connectivity index (χ4v) is 2.63. The Morgan fingerprint density at radius 3 is 2.48 bits per heavy atom. The normalized spacial score (nSPS) is 10.3. The fourth-order valence-electron chi connectivity index (χ4n) is 2.63. The van der Waals surface area contributed by atoms with Gasteiger partial charge in [0.15, 0.2) is 0 Å². The van der Waals surface area contributed by atoms with E-state index in [1.54, 1.807) is 43.5 Å². The molecular formula is C22H20FNO3. The highest BCUT2D eigenvalue weighted by molar-refractivity contribution is 6.06. The van der Waals surface area contributed by atoms with Crippen LogP contribution in [0, 0.1) is 12.7 Å². The van der Waals surface area contributed by atoms with E-state index < -0.39 is 0 Å². The minimum Gasteiger partial charge on any atom is -0.495 e. The highest BCUT2D eigenvalue weighted by atomic mass is 19.1. The van der Waals surface area contributed by atoms with E-state index in [-0.39, 0.29) is 18.3 Å². The van der Waals surface area contributed by atoms with E-state index in [1.165, 1.54) is 12.1 Å². The van der Waals surface area contributed by atoms with E-state index in [1.807, 2.05) is 25.1 Å². The van der Waals surface area contributed by atoms with Crippen LogP contribution < -0.4 is 14.8 Å². The number of hydrogen-bond donors (Lipinski definition) is 1. The van der Waals surface area contributed by atoms with Crippen molar-refractivity contribution in [1.29, 1.82) is 0 Å². The number of anilines is 1. The second-order valence-corrected chi connectivity index (χ2v) is 6.07. The molecule has 1 N–H and O–H groups in total. The lowest BCUT2D eigenvalue weighted by Crippen LogP contribution is -2.14. The number of carbonyl (C=O) groups excluding carboxylic acids is 1. The van der Waals surface area contributed by atoms with Gasteiger partial charge in [-0.3, -0.25) is 4.79 Å². The zero-order valence-electron chi connectivity index (χ0n) is 15.2. The van der Waals surface area contributed by atoms with Crippen molar-refractivity contribution >= 4 is 11.6 Å². The number of aryl methyl sites for hydroxylation is 1. The van der Waals surface area contributed by atoms with Crippen molar-refractivity contribution in [3.63, 3.8) is 0 Å². The molecule has 4 nitrogen and oxygen atoms in total. The molecule has 0 aromatic heterocycles. The maximum Gasteiger partial charge on any atom is 0.259 e. The molecule has 3 aromatic rings. The van der Waals surface area contributed by atoms with Crippen LogP contribution in [0.5, 0.6) is 11.5 Å². The predicted molar refractivity (Wildman–Crippen MR) is 103 cm³/mol. The molecule has 0 aliphatic heterocycles. The topological polar surface area (TPSA) is 47.6 Å². The molecule has 0 heterocycles. The molecule has 0 unspecified atom stereocenters. The van der Waals surface area contributed by atoms with Crippen LogP contribution in [0.1, 0.15) is 21.5 Å². The number of amides is 1. The van der Waals surface area contributed by atoms with Gasteiger partial charge >= 0.3 is 0 Å². The molecule has 0 spiro atoms. The van der Waals surface area contributed by atoms with Crippen molar-refractivity contribution in [2.45, 2.75) is 13.5 Å². The first-order chi connectivity index (χ1) is 13.1. The summed E-state index contributed by atoms with van der Waals surface area (Å²) in [7, 11) is 1.56. The van der Waals surface area contributed by atoms with Crippen molar-refractivity contribution in [3.05, 3.63) is 89.2 Å². The summed E-state index contributed by atoms with van der Waals surface area (Å²) < 4.78 is 24.1. The molecule has 27 heavy (non-hydrogen) atoms. The van der Waals surface area contributed by atoms with E-state index in [0.717, 1.165) is 11.1 Å². The lowest BCUT2D eigenvalue weighted by molar-refractivity contribution is 0.102. The van der Waals surface area contributed by atoms with Gasteiger partial charge in [0, 0.05) is 0 Å². The summed E-state index contributed by atoms with van der Waals surface area (Å²) in [6.07, 6.45) is 0. The smallest absolute Gasteiger partial charge is 0.259 e. The molecule has 0 radical (unpaired) electrons. The van der Waals surface area contributed by atoms with Crippen molar-refractivity contribution in [2.75, 3.05) is 12.4 Å². The maximum absolute atomic E-state index is 13.0. The molecular weight excluding hydrogens is 345 g/mol. The van der Waals surface area contributed by atoms with Crippen LogP contribution >= 0.6 is 0 Å². The van der Waals surface area contributed by atoms with Gasteiger partial charge in [0.1, 0.15) is 23.9 Å². The van der Waals surface area contributed by atoms with Gasteiger partial charge in [0.05, 0.1) is 18.4 Å². The Morgan fingerprint density at radius 2 is 1.74 bits per heavy atom. The van der Waals surface area contributed by atoms with Gasteiger partial charge in [-0.15, -0.1) is 0 Å². The summed E-state index contributed by atoms with van der Waals surface area (Å²) in [4.78, 5) is 12.8. The monoisotopic (exact) mass is 365 g/mol. The Labute approximate surface area is 157 Å². The quantitative estimate of drug-likeness (QED) is 0.671. The zero-order chi connectivity index (χ0) is 19.2. The number of rotatable bonds is 6. The van der Waals surface area contributed by atoms with Crippen LogP contribution in [0.3, 0.4) is 0 Å². The Balaban J connectivity index is 1.77. The number of ether oxygens (including phenoxy) is 2. The largest absolute Gasteiger partial charge is 0.495 e. The third kappa shape index (κ3) is 4.64. The third-order valence-corrected chi connectivity index (χ3v) is 4.04. The molecule has 3 rings (SSSR count). The first-order valence-corrected chi connectivity index (χ1v) is 8.49. The van der Waals surface area contributed by atoms with Gasteiger partial charge in [0.25, 0.3) is 5.91 Å². The lowest BCUT2D eigenvalue weighted by atomic mass is 10.1. The van der Waals surface area contributed by atoms with Gasteiger partial charge in [-0.1, -0.05) is 30.3 Å². The summed E-state index contributed by atoms with van der Waals surface area (Å²) >= 11 is 0. The van der Waals surface area contributed by atoms with Crippen LogP contribution in [-0.4, -0.2) is 13.0 Å². The first-order valence-electron chi connectivity index (χ1n) is 8.49. The lowest BCUT2D eigenvalue weighted by Gasteiger charge is -2.14. The summed E-state index contributed by atoms with van der Waals surface area (Å²) in [5.41, 5.74) is 2.82. The van der Waals surface area contributed by atoms with E-state index in [4.69, 9.17) is 9.47 Å². The average Bonchev–Trinajstić information content (AvgIpc) is 2.68. The van der Waals surface area contributed by atoms with Crippen molar-refractivity contribution in [3.8, 4) is 11.5 Å². The second-order valence-electron chi connectivity index (χ2n) is 6.07. The van der Waals surface area contributed by atoms with Crippen molar-refractivity contribution < 1.29 is 18.7 Å². The van der Waals surface area contributed by atoms with Crippen LogP contribution in [0.2, 0.25) is 0 Å². The predicted octanol–water partition coefficient (Wildman–Crippen LogP) is 4.97. The maximum atomic E-state index is 13.0. The van der Waals surface area contributed by atoms with Crippen LogP contribution in [0.15, 0.2) is 66.7 Å². The Kier molecular flexibility index (Phi) is 5.71. The molecule has 3 aromatic carbocycles. The Bertz CT molecular complexity index is 939. The van der Waals surface area contributed by atoms with Crippen LogP contribution in [0.25, 0.3) is 0 Å². The minimum atomic E-state index is -0.300. The number of carbonyl (C=O) groups is 1. The van der Waals surface area contributed by atoms with E-state index in [0.29, 0.717) is 22.7 Å². The fraction of sp³-hybridized carbons (Fsp3) is 0.136. The standard InChI is InChI=1S/C22H20FNO3/c1-15-7-12-21(26-2)19(13-15)24-22(25)18-5-3-4-6-20(18)27-14-16-8-10-17(23)11-9-16/h3-13H,14H2,1-2H3,(H,24,25). The van der Waals surface area contributed by atoms with E-state index in [9.17, 15) is 9.18 Å². The highest BCUT2D eigenvalue weighted by Gasteiger charge is 2.15. The Morgan fingerprint density at radius 1 is 1.00 bits per heavy atom. The molecule has 0 fully saturated rings. The summed E-state index contributed by atoms with van der Waals surface area (Å²) in [5.74, 6) is 0.434. The molecule has 0 aliphatic carbocycles. The number of methoxy groups -OCH3 is 1. The number of halogens is 1. The first kappa shape index (κ1) is 18.5. The third-order valence-electron chi connectivity index (χ3n) is 4.04. The average molecular weight is 365 g/mol. The zero-order valence-corrected chi connectivity index (χ0v) is 15.2. The Hall–Kier alpha value is -3.34. The molecule has 1 amide bonds. The molecule has 0 aliphatic rings. The van der Waals surface area contributed by atoms with E-state index >= 15 is 0 Å². The number of para-hydroxylation sites is 1. The van der Waals surface area contributed by atoms with Gasteiger partial charge < -0.3 is 14.8 Å². The molecule has 5 heteroatoms. The molecule has 0 bridgehead atoms. The van der Waals surface area contributed by atoms with Gasteiger partial charge in [-0.2, -0.15) is 0 Å². The van der Waals surface area contributed by atoms with Crippen molar-refractivity contribution in [2.24, 2.45) is 0 Å². The van der Waals surface area contributed by atoms with Gasteiger partial charge in [-0.25, -0.2) is 4.39 Å². The molecule has 0 saturated heterocycles. The summed E-state index contributed by atoms with van der Waals surface area (Å²) in [6, 6.07) is 18.6. The summed E-state index contributed by atoms with van der Waals surface area (Å²) in [6.45, 7) is 2.17. The van der Waals surface area contributed by atoms with Crippen LogP contribution in [0.4, 0.5) is 10.1 Å². The molecule has 0 saturated carbocycles. The molecule has 138 valence electrons. The van der Waals surface area contributed by atoms with Gasteiger partial charge in [0.2, 0.25) is 0 Å². The number of hydrogen-bond acceptors (Lipinski definition) is 3. The van der Waals surface area contributed by atoms with Crippen LogP contribution in [-0.2, 0) is 6.61 Å². The van der Waals surface area contributed by atoms with Crippen molar-refractivity contribution in [1.82, 2.24) is 0 Å². The highest BCUT2D eigenvalue weighted by Crippen LogP contribution is 2.27. The minimum absolute atomic E-state index is 0.234. The van der Waals surface area contributed by atoms with E-state index in [2.05, 4.69) is 5.32 Å².